The van der Waals surface area contributed by atoms with Crippen LogP contribution >= 0.6 is 27.3 Å². The molecule has 3 rings (SSSR count). The number of carbonyl (C=O) groups is 2. The Balaban J connectivity index is 1.61. The third-order valence-corrected chi connectivity index (χ3v) is 5.48. The van der Waals surface area contributed by atoms with Gasteiger partial charge in [0.25, 0.3) is 0 Å². The summed E-state index contributed by atoms with van der Waals surface area (Å²) in [7, 11) is 1.61. The number of rotatable bonds is 6. The number of ketones is 1. The van der Waals surface area contributed by atoms with Gasteiger partial charge in [-0.05, 0) is 36.4 Å². The van der Waals surface area contributed by atoms with Gasteiger partial charge in [-0.25, -0.2) is 4.39 Å². The van der Waals surface area contributed by atoms with Gasteiger partial charge in [0, 0.05) is 35.5 Å². The van der Waals surface area contributed by atoms with Gasteiger partial charge in [-0.15, -0.1) is 10.2 Å². The van der Waals surface area contributed by atoms with Gasteiger partial charge in [-0.1, -0.05) is 39.4 Å². The molecule has 3 aromatic rings. The zero-order valence-corrected chi connectivity index (χ0v) is 16.8. The van der Waals surface area contributed by atoms with E-state index in [1.165, 1.54) is 40.5 Å². The Kier molecular flexibility index (Phi) is 6.08. The third kappa shape index (κ3) is 4.84. The first-order valence-electron chi connectivity index (χ1n) is 8.09. The number of Topliss-reactive ketones (excluding diaryl/α,β-unsaturated/α-hetero) is 1. The second-order valence-electron chi connectivity index (χ2n) is 5.78. The summed E-state index contributed by atoms with van der Waals surface area (Å²) in [4.78, 5) is 25.9. The third-order valence-electron chi connectivity index (χ3n) is 3.90. The Hall–Kier alpha value is -2.45. The van der Waals surface area contributed by atoms with Gasteiger partial charge in [0.05, 0.1) is 0 Å². The zero-order valence-electron chi connectivity index (χ0n) is 14.4. The second-order valence-corrected chi connectivity index (χ2v) is 7.65. The molecule has 0 atom stereocenters. The summed E-state index contributed by atoms with van der Waals surface area (Å²) in [6.07, 6.45) is 0.0904. The SMILES string of the molecule is CN(C(=O)CCC(=O)c1ccc(F)cc1)c1nnc(-c2ccc(Br)cc2)s1. The molecule has 1 heterocycles. The van der Waals surface area contributed by atoms with Crippen LogP contribution < -0.4 is 4.90 Å². The largest absolute Gasteiger partial charge is 0.294 e. The van der Waals surface area contributed by atoms with Crippen molar-refractivity contribution in [1.29, 1.82) is 0 Å². The molecule has 0 aliphatic heterocycles. The van der Waals surface area contributed by atoms with E-state index in [4.69, 9.17) is 0 Å². The molecule has 0 fully saturated rings. The Morgan fingerprint density at radius 3 is 2.37 bits per heavy atom. The van der Waals surface area contributed by atoms with Crippen LogP contribution in [0.25, 0.3) is 10.6 Å². The number of aromatic nitrogens is 2. The molecule has 0 saturated carbocycles. The normalized spacial score (nSPS) is 10.6. The molecule has 5 nitrogen and oxygen atoms in total. The molecule has 138 valence electrons. The molecule has 0 N–H and O–H groups in total. The molecule has 0 saturated heterocycles. The number of benzene rings is 2. The summed E-state index contributed by atoms with van der Waals surface area (Å²) in [6.45, 7) is 0. The summed E-state index contributed by atoms with van der Waals surface area (Å²) in [5.74, 6) is -0.839. The number of halogens is 2. The first kappa shape index (κ1) is 19.3. The standard InChI is InChI=1S/C19H15BrFN3O2S/c1-24(17(26)11-10-16(25)12-4-8-15(21)9-5-12)19-23-22-18(27-19)13-2-6-14(20)7-3-13/h2-9H,10-11H2,1H3. The van der Waals surface area contributed by atoms with E-state index in [0.29, 0.717) is 15.7 Å². The van der Waals surface area contributed by atoms with Gasteiger partial charge >= 0.3 is 0 Å². The van der Waals surface area contributed by atoms with E-state index in [-0.39, 0.29) is 24.5 Å². The van der Waals surface area contributed by atoms with E-state index in [0.717, 1.165) is 10.0 Å². The maximum absolute atomic E-state index is 12.9. The Morgan fingerprint density at radius 2 is 1.70 bits per heavy atom. The minimum atomic E-state index is -0.403. The van der Waals surface area contributed by atoms with Crippen molar-refractivity contribution in [3.8, 4) is 10.6 Å². The van der Waals surface area contributed by atoms with Crippen LogP contribution in [0, 0.1) is 5.82 Å². The monoisotopic (exact) mass is 447 g/mol. The number of amides is 1. The molecule has 0 aliphatic carbocycles. The number of hydrogen-bond donors (Lipinski definition) is 0. The fraction of sp³-hybridized carbons (Fsp3) is 0.158. The maximum atomic E-state index is 12.9. The van der Waals surface area contributed by atoms with E-state index in [9.17, 15) is 14.0 Å². The van der Waals surface area contributed by atoms with Crippen LogP contribution in [0.5, 0.6) is 0 Å². The highest BCUT2D eigenvalue weighted by molar-refractivity contribution is 9.10. The zero-order chi connectivity index (χ0) is 19.4. The van der Waals surface area contributed by atoms with Crippen molar-refractivity contribution >= 4 is 44.1 Å². The second kappa shape index (κ2) is 8.49. The highest BCUT2D eigenvalue weighted by atomic mass is 79.9. The van der Waals surface area contributed by atoms with Gasteiger partial charge in [-0.2, -0.15) is 0 Å². The lowest BCUT2D eigenvalue weighted by Crippen LogP contribution is -2.26. The van der Waals surface area contributed by atoms with Crippen molar-refractivity contribution in [3.05, 3.63) is 64.4 Å². The van der Waals surface area contributed by atoms with Gasteiger partial charge in [0.1, 0.15) is 10.8 Å². The molecule has 1 aromatic heterocycles. The molecular weight excluding hydrogens is 433 g/mol. The summed E-state index contributed by atoms with van der Waals surface area (Å²) in [5, 5.41) is 9.37. The summed E-state index contributed by atoms with van der Waals surface area (Å²) >= 11 is 4.68. The molecule has 27 heavy (non-hydrogen) atoms. The predicted octanol–water partition coefficient (Wildman–Crippen LogP) is 4.73. The lowest BCUT2D eigenvalue weighted by Gasteiger charge is -2.12. The van der Waals surface area contributed by atoms with Gasteiger partial charge in [-0.3, -0.25) is 14.5 Å². The smallest absolute Gasteiger partial charge is 0.229 e. The first-order chi connectivity index (χ1) is 12.9. The van der Waals surface area contributed by atoms with Gasteiger partial charge in [0.2, 0.25) is 11.0 Å². The Morgan fingerprint density at radius 1 is 1.04 bits per heavy atom. The van der Waals surface area contributed by atoms with Gasteiger partial charge in [0.15, 0.2) is 5.78 Å². The van der Waals surface area contributed by atoms with Crippen LogP contribution in [-0.2, 0) is 4.79 Å². The van der Waals surface area contributed by atoms with Crippen molar-refractivity contribution in [2.75, 3.05) is 11.9 Å². The van der Waals surface area contributed by atoms with Crippen molar-refractivity contribution in [3.63, 3.8) is 0 Å². The topological polar surface area (TPSA) is 63.2 Å². The Labute approximate surface area is 168 Å². The van der Waals surface area contributed by atoms with Crippen LogP contribution in [0.1, 0.15) is 23.2 Å². The number of carbonyl (C=O) groups excluding carboxylic acids is 2. The summed E-state index contributed by atoms with van der Waals surface area (Å²) in [5.41, 5.74) is 1.30. The molecule has 0 unspecified atom stereocenters. The number of anilines is 1. The first-order valence-corrected chi connectivity index (χ1v) is 9.70. The molecule has 0 aliphatic rings. The maximum Gasteiger partial charge on any atom is 0.229 e. The fourth-order valence-corrected chi connectivity index (χ4v) is 3.43. The molecular formula is C19H15BrFN3O2S. The van der Waals surface area contributed by atoms with Crippen molar-refractivity contribution < 1.29 is 14.0 Å². The molecule has 0 bridgehead atoms. The number of nitrogens with zero attached hydrogens (tertiary/aromatic N) is 3. The van der Waals surface area contributed by atoms with E-state index in [1.54, 1.807) is 7.05 Å². The van der Waals surface area contributed by atoms with Crippen LogP contribution in [-0.4, -0.2) is 28.9 Å². The summed E-state index contributed by atoms with van der Waals surface area (Å²) < 4.78 is 13.9. The molecule has 2 aromatic carbocycles. The highest BCUT2D eigenvalue weighted by Gasteiger charge is 2.18. The fourth-order valence-electron chi connectivity index (χ4n) is 2.34. The van der Waals surface area contributed by atoms with E-state index in [1.807, 2.05) is 24.3 Å². The van der Waals surface area contributed by atoms with Crippen LogP contribution in [0.4, 0.5) is 9.52 Å². The summed E-state index contributed by atoms with van der Waals surface area (Å²) in [6, 6.07) is 12.9. The quantitative estimate of drug-likeness (QED) is 0.512. The van der Waals surface area contributed by atoms with Crippen LogP contribution in [0.2, 0.25) is 0 Å². The van der Waals surface area contributed by atoms with Crippen LogP contribution in [0.3, 0.4) is 0 Å². The average molecular weight is 448 g/mol. The molecule has 8 heteroatoms. The van der Waals surface area contributed by atoms with Crippen molar-refractivity contribution in [2.45, 2.75) is 12.8 Å². The van der Waals surface area contributed by atoms with Crippen LogP contribution in [0.15, 0.2) is 53.0 Å². The van der Waals surface area contributed by atoms with E-state index >= 15 is 0 Å². The lowest BCUT2D eigenvalue weighted by atomic mass is 10.1. The minimum absolute atomic E-state index is 0.0416. The van der Waals surface area contributed by atoms with E-state index < -0.39 is 5.82 Å². The minimum Gasteiger partial charge on any atom is -0.294 e. The van der Waals surface area contributed by atoms with Crippen molar-refractivity contribution in [1.82, 2.24) is 10.2 Å². The molecule has 0 spiro atoms. The van der Waals surface area contributed by atoms with Gasteiger partial charge < -0.3 is 0 Å². The Bertz CT molecular complexity index is 958. The highest BCUT2D eigenvalue weighted by Crippen LogP contribution is 2.29. The molecule has 1 amide bonds. The molecule has 0 radical (unpaired) electrons. The van der Waals surface area contributed by atoms with E-state index in [2.05, 4.69) is 26.1 Å². The lowest BCUT2D eigenvalue weighted by molar-refractivity contribution is -0.118. The number of hydrogen-bond acceptors (Lipinski definition) is 5. The average Bonchev–Trinajstić information content (AvgIpc) is 3.16. The van der Waals surface area contributed by atoms with Crippen molar-refractivity contribution in [2.24, 2.45) is 0 Å². The predicted molar refractivity (Wildman–Crippen MR) is 106 cm³/mol.